The van der Waals surface area contributed by atoms with Crippen molar-refractivity contribution >= 4 is 0 Å². The van der Waals surface area contributed by atoms with Crippen LogP contribution in [-0.2, 0) is 6.54 Å². The predicted octanol–water partition coefficient (Wildman–Crippen LogP) is 1.68. The fourth-order valence-corrected chi connectivity index (χ4v) is 1.03. The average molecular weight is 180 g/mol. The minimum atomic E-state index is 0.750. The summed E-state index contributed by atoms with van der Waals surface area (Å²) >= 11 is 0. The normalized spacial score (nSPS) is 8.92. The molecule has 2 heteroatoms. The Morgan fingerprint density at radius 3 is 2.46 bits per heavy atom. The zero-order chi connectivity index (χ0) is 10.1. The van der Waals surface area contributed by atoms with Gasteiger partial charge in [0.1, 0.15) is 0 Å². The van der Waals surface area contributed by atoms with Crippen molar-refractivity contribution in [3.05, 3.63) is 35.4 Å². The highest BCUT2D eigenvalue weighted by Crippen LogP contribution is 2.02. The van der Waals surface area contributed by atoms with Crippen LogP contribution in [0.15, 0.2) is 24.3 Å². The molecule has 3 N–H and O–H groups in total. The summed E-state index contributed by atoms with van der Waals surface area (Å²) in [6.07, 6.45) is 0. The summed E-state index contributed by atoms with van der Waals surface area (Å²) in [7, 11) is 1.96. The Morgan fingerprint density at radius 1 is 1.38 bits per heavy atom. The van der Waals surface area contributed by atoms with Gasteiger partial charge in [-0.15, -0.1) is 0 Å². The van der Waals surface area contributed by atoms with Gasteiger partial charge < -0.3 is 11.1 Å². The molecule has 74 valence electrons. The summed E-state index contributed by atoms with van der Waals surface area (Å²) in [4.78, 5) is 0. The standard InChI is InChI=1S/C9H13N.C2H7N/c1-8-4-3-5-9(6-8)7-10-2;1-2-3/h3-6,10H,7H2,1-2H3;2-3H2,1H3. The van der Waals surface area contributed by atoms with Crippen LogP contribution in [-0.4, -0.2) is 13.6 Å². The summed E-state index contributed by atoms with van der Waals surface area (Å²) in [6.45, 7) is 5.72. The Bertz CT molecular complexity index is 221. The highest BCUT2D eigenvalue weighted by molar-refractivity contribution is 5.21. The summed E-state index contributed by atoms with van der Waals surface area (Å²) in [5.74, 6) is 0. The van der Waals surface area contributed by atoms with Crippen molar-refractivity contribution < 1.29 is 0 Å². The monoisotopic (exact) mass is 180 g/mol. The molecule has 1 rings (SSSR count). The molecule has 0 aliphatic rings. The third-order valence-electron chi connectivity index (χ3n) is 1.46. The number of nitrogens with one attached hydrogen (secondary N) is 1. The van der Waals surface area contributed by atoms with E-state index in [0.29, 0.717) is 0 Å². The van der Waals surface area contributed by atoms with Crippen LogP contribution in [0, 0.1) is 6.92 Å². The van der Waals surface area contributed by atoms with E-state index in [9.17, 15) is 0 Å². The highest BCUT2D eigenvalue weighted by atomic mass is 14.8. The van der Waals surface area contributed by atoms with Gasteiger partial charge in [-0.2, -0.15) is 0 Å². The molecule has 0 amide bonds. The molecular weight excluding hydrogens is 160 g/mol. The molecule has 13 heavy (non-hydrogen) atoms. The third kappa shape index (κ3) is 6.31. The van der Waals surface area contributed by atoms with Crippen molar-refractivity contribution in [2.24, 2.45) is 5.73 Å². The van der Waals surface area contributed by atoms with Gasteiger partial charge in [-0.25, -0.2) is 0 Å². The second-order valence-corrected chi connectivity index (χ2v) is 2.93. The Morgan fingerprint density at radius 2 is 2.00 bits per heavy atom. The zero-order valence-corrected chi connectivity index (χ0v) is 8.80. The van der Waals surface area contributed by atoms with E-state index in [2.05, 4.69) is 36.5 Å². The molecule has 2 nitrogen and oxygen atoms in total. The first-order chi connectivity index (χ1) is 6.24. The van der Waals surface area contributed by atoms with E-state index in [1.54, 1.807) is 0 Å². The molecule has 0 bridgehead atoms. The Hall–Kier alpha value is -0.860. The summed E-state index contributed by atoms with van der Waals surface area (Å²) in [6, 6.07) is 8.52. The van der Waals surface area contributed by atoms with Crippen LogP contribution in [0.2, 0.25) is 0 Å². The molecule has 0 saturated heterocycles. The average Bonchev–Trinajstić information content (AvgIpc) is 2.06. The maximum Gasteiger partial charge on any atom is 0.0202 e. The molecule has 0 aromatic heterocycles. The lowest BCUT2D eigenvalue weighted by molar-refractivity contribution is 0.817. The van der Waals surface area contributed by atoms with Crippen LogP contribution in [0.1, 0.15) is 18.1 Å². The first kappa shape index (κ1) is 12.1. The molecule has 0 heterocycles. The first-order valence-corrected chi connectivity index (χ1v) is 4.64. The number of hydrogen-bond acceptors (Lipinski definition) is 2. The highest BCUT2D eigenvalue weighted by Gasteiger charge is 1.88. The van der Waals surface area contributed by atoms with E-state index >= 15 is 0 Å². The van der Waals surface area contributed by atoms with E-state index in [1.807, 2.05) is 14.0 Å². The smallest absolute Gasteiger partial charge is 0.0202 e. The molecule has 0 aliphatic heterocycles. The molecule has 0 radical (unpaired) electrons. The number of nitrogens with two attached hydrogens (primary N) is 1. The maximum atomic E-state index is 4.85. The van der Waals surface area contributed by atoms with E-state index in [-0.39, 0.29) is 0 Å². The Labute approximate surface area is 81.2 Å². The zero-order valence-electron chi connectivity index (χ0n) is 8.80. The Kier molecular flexibility index (Phi) is 7.26. The molecule has 0 fully saturated rings. The van der Waals surface area contributed by atoms with Gasteiger partial charge >= 0.3 is 0 Å². The van der Waals surface area contributed by atoms with Crippen LogP contribution in [0.4, 0.5) is 0 Å². The SMILES string of the molecule is CCN.CNCc1cccc(C)c1. The fraction of sp³-hybridized carbons (Fsp3) is 0.455. The van der Waals surface area contributed by atoms with Crippen LogP contribution in [0.5, 0.6) is 0 Å². The lowest BCUT2D eigenvalue weighted by Gasteiger charge is -1.99. The van der Waals surface area contributed by atoms with Gasteiger partial charge in [0.25, 0.3) is 0 Å². The van der Waals surface area contributed by atoms with Gasteiger partial charge in [-0.05, 0) is 26.1 Å². The molecule has 0 unspecified atom stereocenters. The van der Waals surface area contributed by atoms with Gasteiger partial charge in [0.05, 0.1) is 0 Å². The van der Waals surface area contributed by atoms with Crippen LogP contribution in [0.3, 0.4) is 0 Å². The minimum absolute atomic E-state index is 0.750. The van der Waals surface area contributed by atoms with E-state index < -0.39 is 0 Å². The van der Waals surface area contributed by atoms with Crippen LogP contribution < -0.4 is 11.1 Å². The molecule has 0 aliphatic carbocycles. The number of rotatable bonds is 2. The minimum Gasteiger partial charge on any atom is -0.331 e. The molecule has 0 atom stereocenters. The summed E-state index contributed by atoms with van der Waals surface area (Å²) < 4.78 is 0. The lowest BCUT2D eigenvalue weighted by Crippen LogP contribution is -2.04. The number of benzene rings is 1. The van der Waals surface area contributed by atoms with Gasteiger partial charge in [-0.1, -0.05) is 36.8 Å². The molecule has 1 aromatic carbocycles. The number of hydrogen-bond donors (Lipinski definition) is 2. The first-order valence-electron chi connectivity index (χ1n) is 4.64. The second-order valence-electron chi connectivity index (χ2n) is 2.93. The number of aryl methyl sites for hydroxylation is 1. The van der Waals surface area contributed by atoms with Crippen LogP contribution in [0.25, 0.3) is 0 Å². The lowest BCUT2D eigenvalue weighted by atomic mass is 10.1. The van der Waals surface area contributed by atoms with Crippen molar-refractivity contribution in [2.45, 2.75) is 20.4 Å². The Balaban J connectivity index is 0.000000424. The van der Waals surface area contributed by atoms with Crippen LogP contribution >= 0.6 is 0 Å². The maximum absolute atomic E-state index is 4.85. The molecular formula is C11H20N2. The van der Waals surface area contributed by atoms with E-state index in [4.69, 9.17) is 5.73 Å². The summed E-state index contributed by atoms with van der Waals surface area (Å²) in [5, 5.41) is 3.11. The predicted molar refractivity (Wildman–Crippen MR) is 58.7 cm³/mol. The largest absolute Gasteiger partial charge is 0.331 e. The van der Waals surface area contributed by atoms with Crippen molar-refractivity contribution in [1.29, 1.82) is 0 Å². The van der Waals surface area contributed by atoms with Crippen molar-refractivity contribution in [3.63, 3.8) is 0 Å². The van der Waals surface area contributed by atoms with Crippen molar-refractivity contribution in [2.75, 3.05) is 13.6 Å². The molecule has 0 spiro atoms. The molecule has 0 saturated carbocycles. The van der Waals surface area contributed by atoms with Gasteiger partial charge in [0.2, 0.25) is 0 Å². The topological polar surface area (TPSA) is 38.0 Å². The third-order valence-corrected chi connectivity index (χ3v) is 1.46. The quantitative estimate of drug-likeness (QED) is 0.726. The van der Waals surface area contributed by atoms with Crippen molar-refractivity contribution in [1.82, 2.24) is 5.32 Å². The van der Waals surface area contributed by atoms with E-state index in [0.717, 1.165) is 13.1 Å². The fourth-order valence-electron chi connectivity index (χ4n) is 1.03. The molecule has 1 aromatic rings. The second kappa shape index (κ2) is 7.77. The van der Waals surface area contributed by atoms with Gasteiger partial charge in [-0.3, -0.25) is 0 Å². The summed E-state index contributed by atoms with van der Waals surface area (Å²) in [5.41, 5.74) is 7.52. The van der Waals surface area contributed by atoms with Gasteiger partial charge in [0, 0.05) is 6.54 Å². The van der Waals surface area contributed by atoms with E-state index in [1.165, 1.54) is 11.1 Å². The van der Waals surface area contributed by atoms with Crippen molar-refractivity contribution in [3.8, 4) is 0 Å². The van der Waals surface area contributed by atoms with Gasteiger partial charge in [0.15, 0.2) is 0 Å².